The zero-order chi connectivity index (χ0) is 24.6. The lowest BCUT2D eigenvalue weighted by atomic mass is 9.75. The smallest absolute Gasteiger partial charge is 0.422 e. The molecule has 1 atom stereocenters. The Hall–Kier alpha value is -2.78. The first kappa shape index (κ1) is 24.9. The van der Waals surface area contributed by atoms with E-state index in [4.69, 9.17) is 16.3 Å². The van der Waals surface area contributed by atoms with E-state index >= 15 is 0 Å². The van der Waals surface area contributed by atoms with E-state index in [-0.39, 0.29) is 27.4 Å². The largest absolute Gasteiger partial charge is 0.495 e. The molecule has 1 heterocycles. The van der Waals surface area contributed by atoms with Crippen LogP contribution in [0.4, 0.5) is 23.2 Å². The van der Waals surface area contributed by atoms with Gasteiger partial charge in [-0.2, -0.15) is 13.2 Å². The average Bonchev–Trinajstić information content (AvgIpc) is 2.72. The molecule has 0 spiro atoms. The number of aliphatic hydroxyl groups is 1. The lowest BCUT2D eigenvalue weighted by Crippen LogP contribution is -2.50. The van der Waals surface area contributed by atoms with Crippen LogP contribution in [0.1, 0.15) is 31.7 Å². The number of benzene rings is 2. The second-order valence-corrected chi connectivity index (χ2v) is 8.71. The Morgan fingerprint density at radius 1 is 1.18 bits per heavy atom. The fraction of sp³-hybridized carbons (Fsp3) is 0.348. The third kappa shape index (κ3) is 4.94. The van der Waals surface area contributed by atoms with Gasteiger partial charge in [-0.25, -0.2) is 14.4 Å². The van der Waals surface area contributed by atoms with Gasteiger partial charge in [0.15, 0.2) is 5.60 Å². The normalized spacial score (nSPS) is 14.6. The molecule has 0 radical (unpaired) electrons. The van der Waals surface area contributed by atoms with Crippen LogP contribution in [0.25, 0.3) is 10.9 Å². The summed E-state index contributed by atoms with van der Waals surface area (Å²) in [4.78, 5) is 11.8. The van der Waals surface area contributed by atoms with Gasteiger partial charge in [0, 0.05) is 23.4 Å². The second kappa shape index (κ2) is 8.87. The topological polar surface area (TPSA) is 67.6 Å². The van der Waals surface area contributed by atoms with Crippen LogP contribution in [0, 0.1) is 12.7 Å². The Morgan fingerprint density at radius 2 is 1.88 bits per heavy atom. The molecule has 0 amide bonds. The van der Waals surface area contributed by atoms with Crippen molar-refractivity contribution in [3.8, 4) is 5.75 Å². The molecule has 0 saturated carbocycles. The van der Waals surface area contributed by atoms with Crippen molar-refractivity contribution in [2.24, 2.45) is 4.99 Å². The van der Waals surface area contributed by atoms with Crippen LogP contribution in [0.15, 0.2) is 41.5 Å². The molecule has 1 aromatic heterocycles. The third-order valence-electron chi connectivity index (χ3n) is 5.32. The second-order valence-electron chi connectivity index (χ2n) is 8.31. The van der Waals surface area contributed by atoms with Crippen LogP contribution in [0.3, 0.4) is 0 Å². The summed E-state index contributed by atoms with van der Waals surface area (Å²) < 4.78 is 61.6. The number of aliphatic imine (C=N–C) groups is 1. The Morgan fingerprint density at radius 3 is 2.52 bits per heavy atom. The highest BCUT2D eigenvalue weighted by molar-refractivity contribution is 6.32. The Balaban J connectivity index is 2.07. The van der Waals surface area contributed by atoms with Crippen molar-refractivity contribution in [3.05, 3.63) is 58.8 Å². The van der Waals surface area contributed by atoms with Crippen LogP contribution in [-0.4, -0.2) is 40.2 Å². The Kier molecular flexibility index (Phi) is 6.68. The van der Waals surface area contributed by atoms with Crippen LogP contribution < -0.4 is 4.74 Å². The van der Waals surface area contributed by atoms with Crippen molar-refractivity contribution < 1.29 is 27.4 Å². The van der Waals surface area contributed by atoms with Crippen molar-refractivity contribution in [1.82, 2.24) is 9.97 Å². The summed E-state index contributed by atoms with van der Waals surface area (Å²) in [6.07, 6.45) is -4.12. The number of halogens is 5. The summed E-state index contributed by atoms with van der Waals surface area (Å²) in [5.74, 6) is -0.135. The summed E-state index contributed by atoms with van der Waals surface area (Å²) in [6.45, 7) is 4.63. The molecule has 3 rings (SSSR count). The van der Waals surface area contributed by atoms with Crippen molar-refractivity contribution in [2.75, 3.05) is 7.11 Å². The van der Waals surface area contributed by atoms with Crippen LogP contribution >= 0.6 is 11.6 Å². The predicted molar refractivity (Wildman–Crippen MR) is 119 cm³/mol. The molecule has 33 heavy (non-hydrogen) atoms. The van der Waals surface area contributed by atoms with Crippen molar-refractivity contribution in [1.29, 1.82) is 0 Å². The molecule has 176 valence electrons. The van der Waals surface area contributed by atoms with E-state index in [1.807, 2.05) is 0 Å². The van der Waals surface area contributed by atoms with Crippen molar-refractivity contribution >= 4 is 34.4 Å². The molecule has 0 aliphatic rings. The summed E-state index contributed by atoms with van der Waals surface area (Å²) in [5.41, 5.74) is -4.22. The van der Waals surface area contributed by atoms with Gasteiger partial charge in [0.1, 0.15) is 22.9 Å². The van der Waals surface area contributed by atoms with Crippen LogP contribution in [0.5, 0.6) is 5.75 Å². The lowest BCUT2D eigenvalue weighted by molar-refractivity contribution is -0.234. The number of fused-ring (bicyclic) bond motifs is 1. The number of ether oxygens (including phenoxy) is 1. The molecule has 1 N–H and O–H groups in total. The molecule has 0 fully saturated rings. The fourth-order valence-corrected chi connectivity index (χ4v) is 3.94. The number of nitrogens with zero attached hydrogens (tertiary/aromatic N) is 3. The van der Waals surface area contributed by atoms with Gasteiger partial charge in [-0.15, -0.1) is 0 Å². The van der Waals surface area contributed by atoms with E-state index in [9.17, 15) is 22.7 Å². The minimum atomic E-state index is -5.05. The van der Waals surface area contributed by atoms with Gasteiger partial charge in [0.05, 0.1) is 17.8 Å². The number of hydrogen-bond donors (Lipinski definition) is 1. The van der Waals surface area contributed by atoms with Gasteiger partial charge < -0.3 is 9.84 Å². The Bertz CT molecular complexity index is 1210. The SMILES string of the molecule is COc1c(Cl)cccc1C(C)(C)CC(O)(/C=N/c1ccc(F)c2nc(C)ncc12)C(F)(F)F. The number of rotatable bonds is 6. The molecule has 1 unspecified atom stereocenters. The molecule has 3 aromatic rings. The Labute approximate surface area is 193 Å². The number of aromatic nitrogens is 2. The van der Waals surface area contributed by atoms with Crippen molar-refractivity contribution in [3.63, 3.8) is 0 Å². The first-order valence-electron chi connectivity index (χ1n) is 9.88. The van der Waals surface area contributed by atoms with E-state index in [2.05, 4.69) is 15.0 Å². The third-order valence-corrected chi connectivity index (χ3v) is 5.62. The van der Waals surface area contributed by atoms with Gasteiger partial charge in [-0.05, 0) is 37.0 Å². The molecule has 5 nitrogen and oxygen atoms in total. The zero-order valence-electron chi connectivity index (χ0n) is 18.3. The highest BCUT2D eigenvalue weighted by Gasteiger charge is 2.55. The molecule has 0 saturated heterocycles. The highest BCUT2D eigenvalue weighted by Crippen LogP contribution is 2.44. The molecule has 0 aliphatic heterocycles. The minimum absolute atomic E-state index is 0.00721. The van der Waals surface area contributed by atoms with Crippen LogP contribution in [-0.2, 0) is 5.41 Å². The lowest BCUT2D eigenvalue weighted by Gasteiger charge is -2.36. The van der Waals surface area contributed by atoms with Gasteiger partial charge in [-0.1, -0.05) is 37.6 Å². The molecule has 0 aliphatic carbocycles. The van der Waals surface area contributed by atoms with E-state index in [0.29, 0.717) is 17.6 Å². The molecule has 0 bridgehead atoms. The fourth-order valence-electron chi connectivity index (χ4n) is 3.69. The molecule has 10 heteroatoms. The molecule has 2 aromatic carbocycles. The number of para-hydroxylation sites is 1. The zero-order valence-corrected chi connectivity index (χ0v) is 19.1. The standard InChI is InChI=1S/C23H22ClF4N3O2/c1-13-29-10-14-18(9-8-17(25)19(14)31-13)30-12-22(32,23(26,27)28)11-21(2,3)15-6-5-7-16(24)20(15)33-4/h5-10,12,32H,11H2,1-4H3/b30-12+. The van der Waals surface area contributed by atoms with Gasteiger partial charge in [-0.3, -0.25) is 4.99 Å². The number of methoxy groups -OCH3 is 1. The summed E-state index contributed by atoms with van der Waals surface area (Å²) >= 11 is 6.14. The number of hydrogen-bond acceptors (Lipinski definition) is 5. The average molecular weight is 484 g/mol. The van der Waals surface area contributed by atoms with Gasteiger partial charge in [0.2, 0.25) is 0 Å². The number of aryl methyl sites for hydroxylation is 1. The number of alkyl halides is 3. The maximum absolute atomic E-state index is 14.1. The monoisotopic (exact) mass is 483 g/mol. The summed E-state index contributed by atoms with van der Waals surface area (Å²) in [6, 6.07) is 6.99. The van der Waals surface area contributed by atoms with Gasteiger partial charge in [0.25, 0.3) is 0 Å². The van der Waals surface area contributed by atoms with E-state index in [1.54, 1.807) is 25.1 Å². The van der Waals surface area contributed by atoms with E-state index in [0.717, 1.165) is 6.07 Å². The predicted octanol–water partition coefficient (Wildman–Crippen LogP) is 6.10. The summed E-state index contributed by atoms with van der Waals surface area (Å²) in [5, 5.41) is 11.1. The van der Waals surface area contributed by atoms with E-state index < -0.39 is 29.4 Å². The highest BCUT2D eigenvalue weighted by atomic mass is 35.5. The maximum Gasteiger partial charge on any atom is 0.422 e. The maximum atomic E-state index is 14.1. The quantitative estimate of drug-likeness (QED) is 0.339. The van der Waals surface area contributed by atoms with Gasteiger partial charge >= 0.3 is 6.18 Å². The summed E-state index contributed by atoms with van der Waals surface area (Å²) in [7, 11) is 1.36. The first-order valence-corrected chi connectivity index (χ1v) is 10.3. The molecular weight excluding hydrogens is 462 g/mol. The minimum Gasteiger partial charge on any atom is -0.495 e. The van der Waals surface area contributed by atoms with Crippen molar-refractivity contribution in [2.45, 2.75) is 44.4 Å². The van der Waals surface area contributed by atoms with Crippen LogP contribution in [0.2, 0.25) is 5.02 Å². The molecular formula is C23H22ClF4N3O2. The first-order chi connectivity index (χ1) is 15.3. The van der Waals surface area contributed by atoms with E-state index in [1.165, 1.54) is 33.2 Å².